The second-order valence-corrected chi connectivity index (χ2v) is 16.6. The number of allylic oxidation sites excluding steroid dienone is 2. The molecular weight excluding hydrogens is 781 g/mol. The second kappa shape index (κ2) is 22.6. The molecule has 330 valence electrons. The third-order valence-electron chi connectivity index (χ3n) is 12.4. The number of esters is 1. The Kier molecular flexibility index (Phi) is 16.7. The predicted molar refractivity (Wildman–Crippen MR) is 245 cm³/mol. The minimum absolute atomic E-state index is 0.0944. The van der Waals surface area contributed by atoms with E-state index in [2.05, 4.69) is 58.6 Å². The van der Waals surface area contributed by atoms with Crippen LogP contribution in [0.2, 0.25) is 0 Å². The molecule has 0 saturated heterocycles. The van der Waals surface area contributed by atoms with E-state index >= 15 is 0 Å². The summed E-state index contributed by atoms with van der Waals surface area (Å²) in [5, 5.41) is 28.2. The van der Waals surface area contributed by atoms with Crippen LogP contribution in [0.15, 0.2) is 91.0 Å². The Morgan fingerprint density at radius 1 is 0.919 bits per heavy atom. The summed E-state index contributed by atoms with van der Waals surface area (Å²) in [6, 6.07) is 25.0. The summed E-state index contributed by atoms with van der Waals surface area (Å²) < 4.78 is 12.1. The summed E-state index contributed by atoms with van der Waals surface area (Å²) >= 11 is 0. The summed E-state index contributed by atoms with van der Waals surface area (Å²) in [4.78, 5) is 44.5. The number of amides is 2. The van der Waals surface area contributed by atoms with Crippen LogP contribution in [0.4, 0.5) is 5.69 Å². The number of benzene rings is 3. The van der Waals surface area contributed by atoms with Crippen molar-refractivity contribution in [2.24, 2.45) is 11.8 Å². The number of fused-ring (bicyclic) bond motifs is 1. The van der Waals surface area contributed by atoms with Gasteiger partial charge >= 0.3 is 5.97 Å². The Morgan fingerprint density at radius 2 is 1.65 bits per heavy atom. The zero-order chi connectivity index (χ0) is 44.0. The van der Waals surface area contributed by atoms with Gasteiger partial charge in [-0.1, -0.05) is 74.5 Å². The Morgan fingerprint density at radius 3 is 2.39 bits per heavy atom. The topological polar surface area (TPSA) is 153 Å². The van der Waals surface area contributed by atoms with E-state index in [1.165, 1.54) is 5.56 Å². The van der Waals surface area contributed by atoms with Gasteiger partial charge in [0.1, 0.15) is 11.5 Å². The van der Waals surface area contributed by atoms with Gasteiger partial charge in [0.2, 0.25) is 0 Å². The van der Waals surface area contributed by atoms with Gasteiger partial charge in [0.05, 0.1) is 29.4 Å². The summed E-state index contributed by atoms with van der Waals surface area (Å²) in [6.45, 7) is 11.2. The molecule has 11 nitrogen and oxygen atoms in total. The third-order valence-corrected chi connectivity index (χ3v) is 12.4. The van der Waals surface area contributed by atoms with Gasteiger partial charge in [-0.15, -0.1) is 0 Å². The highest BCUT2D eigenvalue weighted by Crippen LogP contribution is 2.40. The van der Waals surface area contributed by atoms with E-state index in [9.17, 15) is 24.6 Å². The van der Waals surface area contributed by atoms with E-state index in [0.717, 1.165) is 49.3 Å². The normalized spacial score (nSPS) is 19.5. The van der Waals surface area contributed by atoms with Crippen LogP contribution in [0.3, 0.4) is 0 Å². The fourth-order valence-electron chi connectivity index (χ4n) is 8.86. The van der Waals surface area contributed by atoms with Crippen LogP contribution < -0.4 is 20.1 Å². The molecule has 1 aromatic heterocycles. The van der Waals surface area contributed by atoms with Crippen LogP contribution in [0.1, 0.15) is 104 Å². The predicted octanol–water partition coefficient (Wildman–Crippen LogP) is 8.44. The van der Waals surface area contributed by atoms with Crippen molar-refractivity contribution in [1.82, 2.24) is 15.2 Å². The molecule has 3 aromatic carbocycles. The number of carbonyl (C=O) groups is 3. The second-order valence-electron chi connectivity index (χ2n) is 16.6. The number of carbonyl (C=O) groups excluding carboxylic acids is 3. The third kappa shape index (κ3) is 12.3. The van der Waals surface area contributed by atoms with Crippen molar-refractivity contribution in [3.63, 3.8) is 0 Å². The number of likely N-dealkylation sites (N-methyl/N-ethyl adjacent to an activating group) is 1. The van der Waals surface area contributed by atoms with Gasteiger partial charge in [0.15, 0.2) is 0 Å². The molecule has 11 heteroatoms. The average molecular weight is 845 g/mol. The molecule has 2 aliphatic rings. The minimum atomic E-state index is -0.616. The molecule has 2 heterocycles. The molecule has 1 aliphatic carbocycles. The van der Waals surface area contributed by atoms with Crippen LogP contribution in [0.5, 0.6) is 11.5 Å². The van der Waals surface area contributed by atoms with Crippen LogP contribution in [-0.4, -0.2) is 82.4 Å². The Labute approximate surface area is 366 Å². The monoisotopic (exact) mass is 844 g/mol. The highest BCUT2D eigenvalue weighted by Gasteiger charge is 2.41. The summed E-state index contributed by atoms with van der Waals surface area (Å²) in [6.07, 6.45) is 10.1. The molecule has 2 unspecified atom stereocenters. The van der Waals surface area contributed by atoms with E-state index in [4.69, 9.17) is 9.47 Å². The maximum atomic E-state index is 13.4. The molecule has 1 saturated carbocycles. The number of aliphatic hydroxyl groups is 2. The van der Waals surface area contributed by atoms with Crippen molar-refractivity contribution in [3.8, 4) is 11.5 Å². The van der Waals surface area contributed by atoms with Crippen molar-refractivity contribution in [2.45, 2.75) is 104 Å². The Bertz CT molecular complexity index is 2160. The number of ether oxygens (including phenoxy) is 2. The van der Waals surface area contributed by atoms with Crippen LogP contribution in [-0.2, 0) is 16.0 Å². The number of rotatable bonds is 22. The van der Waals surface area contributed by atoms with Crippen molar-refractivity contribution in [3.05, 3.63) is 125 Å². The van der Waals surface area contributed by atoms with Gasteiger partial charge in [-0.05, 0) is 138 Å². The zero-order valence-electron chi connectivity index (χ0n) is 36.7. The van der Waals surface area contributed by atoms with Crippen LogP contribution in [0.25, 0.3) is 11.6 Å². The number of aromatic nitrogens is 1. The summed E-state index contributed by atoms with van der Waals surface area (Å²) in [5.41, 5.74) is 5.90. The maximum Gasteiger partial charge on any atom is 0.311 e. The standard InChI is InChI=1S/C51H64N4O7/c1-5-55(6-2)30-29-52-51(60)49-34(3)45(53-35(49)4)32-43-42-31-39(26-28-44(42)54-50(43)59)61-38(24-23-36-17-11-9-12-18-36)25-27-41-40(46(56)33-47(41)57)21-15-7-8-16-22-48(58)62-37-19-13-10-14-20-37/h7,9-15,17-20,26,28,31-32,38,40-41,46-47,53,56-57H,5-6,8,16,21-25,27,29-30,33H2,1-4H3,(H,52,60)(H,54,59)/b15-7-,43-32-/t38?,40-,41?,46+,47-/m1/s1. The van der Waals surface area contributed by atoms with Crippen molar-refractivity contribution in [1.29, 1.82) is 0 Å². The fraction of sp³-hybridized carbons (Fsp3) is 0.431. The zero-order valence-corrected chi connectivity index (χ0v) is 36.7. The average Bonchev–Trinajstić information content (AvgIpc) is 3.84. The Hall–Kier alpha value is -5.49. The summed E-state index contributed by atoms with van der Waals surface area (Å²) in [7, 11) is 0. The number of hydrogen-bond donors (Lipinski definition) is 5. The number of hydrogen-bond acceptors (Lipinski definition) is 8. The van der Waals surface area contributed by atoms with Crippen molar-refractivity contribution >= 4 is 35.1 Å². The number of nitrogens with one attached hydrogen (secondary N) is 3. The lowest BCUT2D eigenvalue weighted by atomic mass is 9.85. The van der Waals surface area contributed by atoms with E-state index in [1.807, 2.05) is 74.5 Å². The molecule has 4 aromatic rings. The number of para-hydroxylation sites is 1. The number of H-pyrrole nitrogens is 1. The lowest BCUT2D eigenvalue weighted by Gasteiger charge is -2.26. The summed E-state index contributed by atoms with van der Waals surface area (Å²) in [5.74, 6) is 0.356. The largest absolute Gasteiger partial charge is 0.490 e. The lowest BCUT2D eigenvalue weighted by Crippen LogP contribution is -2.35. The maximum absolute atomic E-state index is 13.4. The molecule has 0 bridgehead atoms. The van der Waals surface area contributed by atoms with E-state index < -0.39 is 12.2 Å². The smallest absolute Gasteiger partial charge is 0.311 e. The highest BCUT2D eigenvalue weighted by atomic mass is 16.5. The SMILES string of the molecule is CCN(CC)CCNC(=O)c1c(C)[nH]c(/C=C2\C(=O)Nc3ccc(OC(CCc4ccccc4)CCC4[C@H](O)C[C@H](O)[C@@H]4C/C=C\CCCC(=O)Oc4ccccc4)cc32)c1C. The van der Waals surface area contributed by atoms with Crippen molar-refractivity contribution < 1.29 is 34.1 Å². The number of aryl methyl sites for hydroxylation is 2. The highest BCUT2D eigenvalue weighted by molar-refractivity contribution is 6.35. The first kappa shape index (κ1) is 46.0. The molecule has 5 atom stereocenters. The molecule has 1 fully saturated rings. The quantitative estimate of drug-likeness (QED) is 0.0174. The van der Waals surface area contributed by atoms with Gasteiger partial charge in [-0.25, -0.2) is 0 Å². The van der Waals surface area contributed by atoms with Crippen LogP contribution in [0, 0.1) is 25.7 Å². The van der Waals surface area contributed by atoms with Gasteiger partial charge in [-0.3, -0.25) is 14.4 Å². The number of aliphatic hydroxyl groups excluding tert-OH is 2. The first-order valence-electron chi connectivity index (χ1n) is 22.4. The Balaban J connectivity index is 1.11. The number of nitrogens with zero attached hydrogens (tertiary/aromatic N) is 1. The number of unbranched alkanes of at least 4 members (excludes halogenated alkanes) is 1. The number of anilines is 1. The first-order chi connectivity index (χ1) is 30.0. The molecule has 0 spiro atoms. The van der Waals surface area contributed by atoms with Gasteiger partial charge in [0, 0.05) is 42.1 Å². The minimum Gasteiger partial charge on any atom is -0.490 e. The molecule has 0 radical (unpaired) electrons. The van der Waals surface area contributed by atoms with Crippen LogP contribution >= 0.6 is 0 Å². The molecule has 2 amide bonds. The van der Waals surface area contributed by atoms with Gasteiger partial charge in [0.25, 0.3) is 11.8 Å². The lowest BCUT2D eigenvalue weighted by molar-refractivity contribution is -0.134. The molecule has 1 aliphatic heterocycles. The molecule has 5 N–H and O–H groups in total. The van der Waals surface area contributed by atoms with E-state index in [-0.39, 0.29) is 35.7 Å². The van der Waals surface area contributed by atoms with E-state index in [1.54, 1.807) is 12.1 Å². The van der Waals surface area contributed by atoms with Gasteiger partial charge in [-0.2, -0.15) is 0 Å². The molecule has 6 rings (SSSR count). The van der Waals surface area contributed by atoms with E-state index in [0.29, 0.717) is 85.5 Å². The fourth-order valence-corrected chi connectivity index (χ4v) is 8.86. The number of aromatic amines is 1. The first-order valence-corrected chi connectivity index (χ1v) is 22.4. The van der Waals surface area contributed by atoms with Gasteiger partial charge < -0.3 is 40.2 Å². The van der Waals surface area contributed by atoms with Crippen molar-refractivity contribution in [2.75, 3.05) is 31.5 Å². The molecular formula is C51H64N4O7. The molecule has 62 heavy (non-hydrogen) atoms.